The molecule has 1 aromatic heterocycles. The maximum absolute atomic E-state index is 12.5. The summed E-state index contributed by atoms with van der Waals surface area (Å²) in [6.45, 7) is 2.18. The second-order valence-corrected chi connectivity index (χ2v) is 10.2. The predicted molar refractivity (Wildman–Crippen MR) is 116 cm³/mol. The van der Waals surface area contributed by atoms with Gasteiger partial charge >= 0.3 is 0 Å². The van der Waals surface area contributed by atoms with Crippen LogP contribution in [0, 0.1) is 0 Å². The highest BCUT2D eigenvalue weighted by Gasteiger charge is 2.20. The van der Waals surface area contributed by atoms with Crippen LogP contribution in [0.25, 0.3) is 10.2 Å². The summed E-state index contributed by atoms with van der Waals surface area (Å²) in [5, 5.41) is 3.27. The van der Waals surface area contributed by atoms with E-state index in [4.69, 9.17) is 0 Å². The molecule has 3 rings (SSSR count). The quantitative estimate of drug-likeness (QED) is 0.582. The molecular weight excluding hydrogens is 414 g/mol. The van der Waals surface area contributed by atoms with Crippen LogP contribution in [0.5, 0.6) is 0 Å². The zero-order valence-electron chi connectivity index (χ0n) is 15.6. The minimum absolute atomic E-state index is 0.126. The van der Waals surface area contributed by atoms with Crippen molar-refractivity contribution in [2.45, 2.75) is 17.6 Å². The molecule has 148 valence electrons. The molecule has 6 nitrogen and oxygen atoms in total. The number of thioether (sulfide) groups is 1. The van der Waals surface area contributed by atoms with Gasteiger partial charge in [-0.1, -0.05) is 48.6 Å². The van der Waals surface area contributed by atoms with E-state index in [9.17, 15) is 13.2 Å². The smallest absolute Gasteiger partial charge is 0.242 e. The minimum atomic E-state index is -3.51. The molecule has 1 N–H and O–H groups in total. The summed E-state index contributed by atoms with van der Waals surface area (Å²) in [7, 11) is -1.96. The van der Waals surface area contributed by atoms with Crippen molar-refractivity contribution in [2.75, 3.05) is 24.7 Å². The third kappa shape index (κ3) is 4.91. The predicted octanol–water partition coefficient (Wildman–Crippen LogP) is 3.81. The third-order valence-electron chi connectivity index (χ3n) is 4.10. The monoisotopic (exact) mass is 435 g/mol. The third-order valence-corrected chi connectivity index (χ3v) is 7.97. The Morgan fingerprint density at radius 1 is 1.21 bits per heavy atom. The average Bonchev–Trinajstić information content (AvgIpc) is 3.09. The molecule has 0 spiro atoms. The first kappa shape index (κ1) is 20.8. The van der Waals surface area contributed by atoms with E-state index >= 15 is 0 Å². The van der Waals surface area contributed by atoms with Gasteiger partial charge in [-0.3, -0.25) is 4.79 Å². The molecule has 0 aliphatic heterocycles. The summed E-state index contributed by atoms with van der Waals surface area (Å²) in [6, 6.07) is 14.8. The number of hydrogen-bond donors (Lipinski definition) is 1. The summed E-state index contributed by atoms with van der Waals surface area (Å²) >= 11 is 2.80. The summed E-state index contributed by atoms with van der Waals surface area (Å²) in [5.41, 5.74) is 1.83. The van der Waals surface area contributed by atoms with E-state index in [1.807, 2.05) is 30.3 Å². The van der Waals surface area contributed by atoms with Crippen molar-refractivity contribution in [1.29, 1.82) is 0 Å². The Morgan fingerprint density at radius 3 is 2.68 bits per heavy atom. The molecule has 0 saturated carbocycles. The molecule has 0 bridgehead atoms. The number of carbonyl (C=O) groups is 1. The van der Waals surface area contributed by atoms with Gasteiger partial charge in [0, 0.05) is 19.3 Å². The summed E-state index contributed by atoms with van der Waals surface area (Å²) in [5.74, 6) is 0.963. The van der Waals surface area contributed by atoms with Crippen LogP contribution >= 0.6 is 23.1 Å². The molecule has 0 atom stereocenters. The molecule has 3 aromatic rings. The maximum Gasteiger partial charge on any atom is 0.242 e. The highest BCUT2D eigenvalue weighted by atomic mass is 32.2. The highest BCUT2D eigenvalue weighted by Crippen LogP contribution is 2.29. The van der Waals surface area contributed by atoms with Crippen LogP contribution in [0.4, 0.5) is 5.13 Å². The standard InChI is InChI=1S/C19H21N3O3S3/c1-3-22(2)28(24,25)15-9-10-16-17(11-15)27-19(20-16)21-18(23)13-26-12-14-7-5-4-6-8-14/h4-11H,3,12-13H2,1-2H3,(H,20,21,23). The van der Waals surface area contributed by atoms with E-state index in [0.717, 1.165) is 10.5 Å². The maximum atomic E-state index is 12.5. The zero-order valence-corrected chi connectivity index (χ0v) is 18.0. The second kappa shape index (κ2) is 9.04. The Morgan fingerprint density at radius 2 is 1.96 bits per heavy atom. The van der Waals surface area contributed by atoms with Crippen molar-refractivity contribution >= 4 is 54.4 Å². The molecule has 0 unspecified atom stereocenters. The van der Waals surface area contributed by atoms with Crippen LogP contribution in [-0.4, -0.2) is 43.0 Å². The van der Waals surface area contributed by atoms with Crippen molar-refractivity contribution in [1.82, 2.24) is 9.29 Å². The lowest BCUT2D eigenvalue weighted by Crippen LogP contribution is -2.26. The second-order valence-electron chi connectivity index (χ2n) is 6.09. The fraction of sp³-hybridized carbons (Fsp3) is 0.263. The first-order valence-electron chi connectivity index (χ1n) is 8.68. The van der Waals surface area contributed by atoms with E-state index in [-0.39, 0.29) is 10.8 Å². The fourth-order valence-corrected chi connectivity index (χ4v) is 5.45. The number of sulfonamides is 1. The summed E-state index contributed by atoms with van der Waals surface area (Å²) < 4.78 is 26.9. The Hall–Kier alpha value is -1.94. The van der Waals surface area contributed by atoms with Gasteiger partial charge in [0.2, 0.25) is 15.9 Å². The molecule has 28 heavy (non-hydrogen) atoms. The van der Waals surface area contributed by atoms with Crippen LogP contribution in [0.1, 0.15) is 12.5 Å². The van der Waals surface area contributed by atoms with Crippen molar-refractivity contribution in [3.8, 4) is 0 Å². The van der Waals surface area contributed by atoms with E-state index < -0.39 is 10.0 Å². The van der Waals surface area contributed by atoms with Crippen LogP contribution in [0.3, 0.4) is 0 Å². The molecule has 1 amide bonds. The van der Waals surface area contributed by atoms with Crippen molar-refractivity contribution < 1.29 is 13.2 Å². The lowest BCUT2D eigenvalue weighted by Gasteiger charge is -2.14. The minimum Gasteiger partial charge on any atom is -0.301 e. The van der Waals surface area contributed by atoms with Crippen molar-refractivity contribution in [3.63, 3.8) is 0 Å². The summed E-state index contributed by atoms with van der Waals surface area (Å²) in [6.07, 6.45) is 0. The topological polar surface area (TPSA) is 79.4 Å². The Balaban J connectivity index is 1.65. The van der Waals surface area contributed by atoms with Gasteiger partial charge in [-0.25, -0.2) is 17.7 Å². The van der Waals surface area contributed by atoms with Crippen LogP contribution < -0.4 is 5.32 Å². The van der Waals surface area contributed by atoms with E-state index in [0.29, 0.717) is 22.9 Å². The SMILES string of the molecule is CCN(C)S(=O)(=O)c1ccc2nc(NC(=O)CSCc3ccccc3)sc2c1. The first-order chi connectivity index (χ1) is 13.4. The Labute approximate surface area is 173 Å². The number of carbonyl (C=O) groups excluding carboxylic acids is 1. The molecule has 0 radical (unpaired) electrons. The number of nitrogens with one attached hydrogen (secondary N) is 1. The average molecular weight is 436 g/mol. The van der Waals surface area contributed by atoms with Gasteiger partial charge in [-0.05, 0) is 23.8 Å². The van der Waals surface area contributed by atoms with E-state index in [1.54, 1.807) is 32.2 Å². The molecular formula is C19H21N3O3S3. The first-order valence-corrected chi connectivity index (χ1v) is 12.1. The van der Waals surface area contributed by atoms with Crippen LogP contribution in [0.2, 0.25) is 0 Å². The molecule has 0 saturated heterocycles. The normalized spacial score (nSPS) is 11.8. The van der Waals surface area contributed by atoms with Gasteiger partial charge in [-0.15, -0.1) is 11.8 Å². The van der Waals surface area contributed by atoms with Gasteiger partial charge in [-0.2, -0.15) is 0 Å². The van der Waals surface area contributed by atoms with Gasteiger partial charge in [0.05, 0.1) is 20.9 Å². The number of aromatic nitrogens is 1. The number of rotatable bonds is 8. The zero-order chi connectivity index (χ0) is 20.1. The van der Waals surface area contributed by atoms with Crippen molar-refractivity contribution in [2.24, 2.45) is 0 Å². The van der Waals surface area contributed by atoms with Gasteiger partial charge in [0.25, 0.3) is 0 Å². The molecule has 1 heterocycles. The number of nitrogens with zero attached hydrogens (tertiary/aromatic N) is 2. The van der Waals surface area contributed by atoms with Crippen LogP contribution in [0.15, 0.2) is 53.4 Å². The largest absolute Gasteiger partial charge is 0.301 e. The Kier molecular flexibility index (Phi) is 6.71. The lowest BCUT2D eigenvalue weighted by atomic mass is 10.2. The molecule has 9 heteroatoms. The van der Waals surface area contributed by atoms with Crippen LogP contribution in [-0.2, 0) is 20.6 Å². The number of amides is 1. The lowest BCUT2D eigenvalue weighted by molar-refractivity contribution is -0.113. The van der Waals surface area contributed by atoms with Gasteiger partial charge < -0.3 is 5.32 Å². The molecule has 0 aliphatic carbocycles. The van der Waals surface area contributed by atoms with Gasteiger partial charge in [0.15, 0.2) is 5.13 Å². The fourth-order valence-electron chi connectivity index (χ4n) is 2.46. The van der Waals surface area contributed by atoms with Crippen molar-refractivity contribution in [3.05, 3.63) is 54.1 Å². The Bertz CT molecular complexity index is 1070. The molecule has 2 aromatic carbocycles. The molecule has 0 fully saturated rings. The number of thiazole rings is 1. The highest BCUT2D eigenvalue weighted by molar-refractivity contribution is 7.99. The number of benzene rings is 2. The summed E-state index contributed by atoms with van der Waals surface area (Å²) in [4.78, 5) is 16.8. The van der Waals surface area contributed by atoms with Gasteiger partial charge in [0.1, 0.15) is 0 Å². The number of anilines is 1. The van der Waals surface area contributed by atoms with E-state index in [1.165, 1.54) is 33.0 Å². The molecule has 0 aliphatic rings. The number of hydrogen-bond acceptors (Lipinski definition) is 6. The van der Waals surface area contributed by atoms with E-state index in [2.05, 4.69) is 10.3 Å². The number of fused-ring (bicyclic) bond motifs is 1.